The van der Waals surface area contributed by atoms with E-state index >= 15 is 0 Å². The van der Waals surface area contributed by atoms with Gasteiger partial charge in [-0.25, -0.2) is 0 Å². The van der Waals surface area contributed by atoms with Crippen LogP contribution in [0.15, 0.2) is 41.3 Å². The third kappa shape index (κ3) is 3.04. The molecule has 0 unspecified atom stereocenters. The number of hydrogen-bond acceptors (Lipinski definition) is 4. The molecule has 7 nitrogen and oxygen atoms in total. The molecule has 0 bridgehead atoms. The SMILES string of the molecule is Cc1cc([N+](=O)[O-])ccc1NC(=O)c1c[nH]c2c(C)c(Cl)ccc2c1=O. The van der Waals surface area contributed by atoms with E-state index in [9.17, 15) is 19.7 Å². The number of nitrogens with one attached hydrogen (secondary N) is 2. The van der Waals surface area contributed by atoms with Gasteiger partial charge in [-0.3, -0.25) is 19.7 Å². The molecule has 0 aliphatic rings. The number of benzene rings is 2. The van der Waals surface area contributed by atoms with Gasteiger partial charge in [-0.2, -0.15) is 0 Å². The van der Waals surface area contributed by atoms with Crippen molar-refractivity contribution in [3.05, 3.63) is 78.6 Å². The molecule has 0 saturated heterocycles. The summed E-state index contributed by atoms with van der Waals surface area (Å²) in [7, 11) is 0. The Morgan fingerprint density at radius 1 is 1.23 bits per heavy atom. The highest BCUT2D eigenvalue weighted by atomic mass is 35.5. The molecule has 0 aliphatic heterocycles. The fraction of sp³-hybridized carbons (Fsp3) is 0.111. The van der Waals surface area contributed by atoms with E-state index in [1.165, 1.54) is 24.4 Å². The molecule has 0 aliphatic carbocycles. The highest BCUT2D eigenvalue weighted by Gasteiger charge is 2.16. The van der Waals surface area contributed by atoms with Crippen LogP contribution in [0.25, 0.3) is 10.9 Å². The van der Waals surface area contributed by atoms with E-state index in [0.29, 0.717) is 27.2 Å². The third-order valence-electron chi connectivity index (χ3n) is 4.16. The highest BCUT2D eigenvalue weighted by molar-refractivity contribution is 6.32. The average Bonchev–Trinajstić information content (AvgIpc) is 2.60. The van der Waals surface area contributed by atoms with Crippen molar-refractivity contribution in [3.63, 3.8) is 0 Å². The molecule has 1 aromatic heterocycles. The number of carbonyl (C=O) groups is 1. The number of non-ortho nitro benzene ring substituents is 1. The predicted molar refractivity (Wildman–Crippen MR) is 100 cm³/mol. The van der Waals surface area contributed by atoms with Gasteiger partial charge in [-0.1, -0.05) is 11.6 Å². The molecule has 2 N–H and O–H groups in total. The molecule has 1 amide bonds. The topological polar surface area (TPSA) is 105 Å². The van der Waals surface area contributed by atoms with E-state index < -0.39 is 16.3 Å². The Kier molecular flexibility index (Phi) is 4.48. The summed E-state index contributed by atoms with van der Waals surface area (Å²) in [5.74, 6) is -0.599. The minimum Gasteiger partial charge on any atom is -0.360 e. The van der Waals surface area contributed by atoms with Crippen LogP contribution in [-0.4, -0.2) is 15.8 Å². The Balaban J connectivity index is 1.98. The van der Waals surface area contributed by atoms with Crippen LogP contribution < -0.4 is 10.7 Å². The summed E-state index contributed by atoms with van der Waals surface area (Å²) in [6.07, 6.45) is 1.34. The second kappa shape index (κ2) is 6.61. The number of halogens is 1. The lowest BCUT2D eigenvalue weighted by atomic mass is 10.1. The number of fused-ring (bicyclic) bond motifs is 1. The van der Waals surface area contributed by atoms with Crippen molar-refractivity contribution in [2.45, 2.75) is 13.8 Å². The smallest absolute Gasteiger partial charge is 0.269 e. The van der Waals surface area contributed by atoms with Crippen molar-refractivity contribution >= 4 is 39.8 Å². The summed E-state index contributed by atoms with van der Waals surface area (Å²) in [4.78, 5) is 38.4. The van der Waals surface area contributed by atoms with Gasteiger partial charge in [-0.15, -0.1) is 0 Å². The van der Waals surface area contributed by atoms with Gasteiger partial charge in [0.2, 0.25) is 5.43 Å². The number of hydrogen-bond donors (Lipinski definition) is 2. The van der Waals surface area contributed by atoms with Crippen LogP contribution in [-0.2, 0) is 0 Å². The molecule has 2 aromatic carbocycles. The monoisotopic (exact) mass is 371 g/mol. The van der Waals surface area contributed by atoms with Gasteiger partial charge in [0.05, 0.1) is 10.4 Å². The Hall–Kier alpha value is -3.19. The van der Waals surface area contributed by atoms with Crippen LogP contribution in [0.1, 0.15) is 21.5 Å². The van der Waals surface area contributed by atoms with E-state index in [1.54, 1.807) is 26.0 Å². The van der Waals surface area contributed by atoms with Crippen molar-refractivity contribution in [1.82, 2.24) is 4.98 Å². The third-order valence-corrected chi connectivity index (χ3v) is 4.57. The fourth-order valence-electron chi connectivity index (χ4n) is 2.68. The lowest BCUT2D eigenvalue weighted by Gasteiger charge is -2.09. The summed E-state index contributed by atoms with van der Waals surface area (Å²) in [5, 5.41) is 14.3. The van der Waals surface area contributed by atoms with Crippen LogP contribution in [0, 0.1) is 24.0 Å². The van der Waals surface area contributed by atoms with E-state index in [0.717, 1.165) is 5.56 Å². The fourth-order valence-corrected chi connectivity index (χ4v) is 2.83. The number of nitrogens with zero attached hydrogens (tertiary/aromatic N) is 1. The molecule has 0 fully saturated rings. The minimum absolute atomic E-state index is 0.0584. The molecule has 0 spiro atoms. The van der Waals surface area contributed by atoms with Gasteiger partial charge in [-0.05, 0) is 43.2 Å². The standard InChI is InChI=1S/C18H14ClN3O4/c1-9-7-11(22(25)26)3-6-15(9)21-18(24)13-8-20-16-10(2)14(19)5-4-12(16)17(13)23/h3-8H,1-2H3,(H,20,23)(H,21,24). The molecule has 8 heteroatoms. The first kappa shape index (κ1) is 17.6. The predicted octanol–water partition coefficient (Wildman–Crippen LogP) is 3.96. The number of carbonyl (C=O) groups excluding carboxylic acids is 1. The van der Waals surface area contributed by atoms with Gasteiger partial charge in [0.25, 0.3) is 11.6 Å². The number of H-pyrrole nitrogens is 1. The Labute approximate surface area is 152 Å². The number of pyridine rings is 1. The van der Waals surface area contributed by atoms with Crippen molar-refractivity contribution in [2.75, 3.05) is 5.32 Å². The molecule has 3 aromatic rings. The van der Waals surface area contributed by atoms with Gasteiger partial charge in [0.1, 0.15) is 5.56 Å². The van der Waals surface area contributed by atoms with Crippen LogP contribution in [0.4, 0.5) is 11.4 Å². The number of amides is 1. The maximum absolute atomic E-state index is 12.6. The first-order valence-corrected chi connectivity index (χ1v) is 8.04. The van der Waals surface area contributed by atoms with Gasteiger partial charge < -0.3 is 10.3 Å². The zero-order valence-electron chi connectivity index (χ0n) is 13.9. The van der Waals surface area contributed by atoms with E-state index in [1.807, 2.05) is 0 Å². The Bertz CT molecular complexity index is 1120. The molecule has 0 saturated carbocycles. The maximum atomic E-state index is 12.6. The van der Waals surface area contributed by atoms with Gasteiger partial charge in [0, 0.05) is 34.4 Å². The number of aromatic nitrogens is 1. The molecule has 132 valence electrons. The van der Waals surface area contributed by atoms with Crippen molar-refractivity contribution in [2.24, 2.45) is 0 Å². The first-order valence-electron chi connectivity index (χ1n) is 7.66. The number of anilines is 1. The number of rotatable bonds is 3. The Morgan fingerprint density at radius 3 is 2.62 bits per heavy atom. The zero-order chi connectivity index (χ0) is 19.0. The molecule has 0 radical (unpaired) electrons. The maximum Gasteiger partial charge on any atom is 0.269 e. The molecule has 0 atom stereocenters. The van der Waals surface area contributed by atoms with E-state index in [2.05, 4.69) is 10.3 Å². The van der Waals surface area contributed by atoms with E-state index in [-0.39, 0.29) is 11.3 Å². The number of aromatic amines is 1. The number of nitro groups is 1. The van der Waals surface area contributed by atoms with Crippen LogP contribution in [0.5, 0.6) is 0 Å². The minimum atomic E-state index is -0.599. The summed E-state index contributed by atoms with van der Waals surface area (Å²) >= 11 is 6.05. The highest BCUT2D eigenvalue weighted by Crippen LogP contribution is 2.23. The summed E-state index contributed by atoms with van der Waals surface area (Å²) in [5.41, 5.74) is 1.66. The van der Waals surface area contributed by atoms with Crippen molar-refractivity contribution in [3.8, 4) is 0 Å². The molecule has 1 heterocycles. The number of nitro benzene ring substituents is 1. The lowest BCUT2D eigenvalue weighted by molar-refractivity contribution is -0.384. The van der Waals surface area contributed by atoms with Gasteiger partial charge >= 0.3 is 0 Å². The lowest BCUT2D eigenvalue weighted by Crippen LogP contribution is -2.22. The second-order valence-corrected chi connectivity index (χ2v) is 6.24. The molecular formula is C18H14ClN3O4. The van der Waals surface area contributed by atoms with Crippen LogP contribution in [0.3, 0.4) is 0 Å². The number of aryl methyl sites for hydroxylation is 2. The zero-order valence-corrected chi connectivity index (χ0v) is 14.7. The van der Waals surface area contributed by atoms with Crippen LogP contribution >= 0.6 is 11.6 Å². The molecule has 26 heavy (non-hydrogen) atoms. The summed E-state index contributed by atoms with van der Waals surface area (Å²) < 4.78 is 0. The Morgan fingerprint density at radius 2 is 1.96 bits per heavy atom. The van der Waals surface area contributed by atoms with E-state index in [4.69, 9.17) is 11.6 Å². The van der Waals surface area contributed by atoms with Crippen molar-refractivity contribution in [1.29, 1.82) is 0 Å². The van der Waals surface area contributed by atoms with Gasteiger partial charge in [0.15, 0.2) is 0 Å². The second-order valence-electron chi connectivity index (χ2n) is 5.84. The van der Waals surface area contributed by atoms with Crippen molar-refractivity contribution < 1.29 is 9.72 Å². The summed E-state index contributed by atoms with van der Waals surface area (Å²) in [6, 6.07) is 7.25. The van der Waals surface area contributed by atoms with Crippen LogP contribution in [0.2, 0.25) is 5.02 Å². The normalized spacial score (nSPS) is 10.7. The average molecular weight is 372 g/mol. The molecular weight excluding hydrogens is 358 g/mol. The first-order chi connectivity index (χ1) is 12.3. The quantitative estimate of drug-likeness (QED) is 0.537. The summed E-state index contributed by atoms with van der Waals surface area (Å²) in [6.45, 7) is 3.42. The molecule has 3 rings (SSSR count). The largest absolute Gasteiger partial charge is 0.360 e.